The zero-order chi connectivity index (χ0) is 14.2. The van der Waals surface area contributed by atoms with Gasteiger partial charge in [0, 0.05) is 18.7 Å². The first-order chi connectivity index (χ1) is 8.87. The summed E-state index contributed by atoms with van der Waals surface area (Å²) < 4.78 is 52.3. The summed E-state index contributed by atoms with van der Waals surface area (Å²) in [6.07, 6.45) is 1.33. The van der Waals surface area contributed by atoms with Crippen molar-refractivity contribution >= 4 is 15.7 Å². The molecule has 0 atom stereocenters. The molecule has 0 heterocycles. The van der Waals surface area contributed by atoms with Gasteiger partial charge in [-0.25, -0.2) is 17.2 Å². The van der Waals surface area contributed by atoms with Crippen LogP contribution in [0.3, 0.4) is 0 Å². The van der Waals surface area contributed by atoms with Gasteiger partial charge in [-0.15, -0.1) is 0 Å². The Labute approximate surface area is 109 Å². The standard InChI is InChI=1S/C11H14F2N2O3S/c12-8-5-9(13)11(6-10(8)14)19(17,18)15(3-4-16)7-1-2-7/h5-7,16H,1-4,14H2. The number of nitrogens with two attached hydrogens (primary N) is 1. The zero-order valence-electron chi connectivity index (χ0n) is 10.0. The number of benzene rings is 1. The molecular formula is C11H14F2N2O3S. The van der Waals surface area contributed by atoms with Crippen LogP contribution in [0, 0.1) is 11.6 Å². The zero-order valence-corrected chi connectivity index (χ0v) is 10.8. The van der Waals surface area contributed by atoms with Gasteiger partial charge in [0.15, 0.2) is 0 Å². The molecule has 1 aromatic carbocycles. The normalized spacial score (nSPS) is 16.0. The molecule has 2 rings (SSSR count). The highest BCUT2D eigenvalue weighted by Gasteiger charge is 2.39. The van der Waals surface area contributed by atoms with Gasteiger partial charge in [0.25, 0.3) is 0 Å². The average Bonchev–Trinajstić information content (AvgIpc) is 3.14. The van der Waals surface area contributed by atoms with Crippen LogP contribution in [0.15, 0.2) is 17.0 Å². The van der Waals surface area contributed by atoms with E-state index in [1.54, 1.807) is 0 Å². The third-order valence-corrected chi connectivity index (χ3v) is 4.88. The number of hydrogen-bond acceptors (Lipinski definition) is 4. The van der Waals surface area contributed by atoms with Crippen LogP contribution in [-0.2, 0) is 10.0 Å². The maximum atomic E-state index is 13.6. The molecule has 1 aromatic rings. The SMILES string of the molecule is Nc1cc(S(=O)(=O)N(CCO)C2CC2)c(F)cc1F. The van der Waals surface area contributed by atoms with Gasteiger partial charge in [-0.05, 0) is 18.9 Å². The molecular weight excluding hydrogens is 278 g/mol. The number of rotatable bonds is 5. The molecule has 0 spiro atoms. The minimum atomic E-state index is -4.12. The molecule has 19 heavy (non-hydrogen) atoms. The van der Waals surface area contributed by atoms with Crippen LogP contribution in [-0.4, -0.2) is 37.0 Å². The molecule has 1 fully saturated rings. The highest BCUT2D eigenvalue weighted by Crippen LogP contribution is 2.33. The summed E-state index contributed by atoms with van der Waals surface area (Å²) in [4.78, 5) is -0.660. The minimum absolute atomic E-state index is 0.121. The van der Waals surface area contributed by atoms with E-state index >= 15 is 0 Å². The molecule has 0 unspecified atom stereocenters. The number of nitrogens with zero attached hydrogens (tertiary/aromatic N) is 1. The second-order valence-corrected chi connectivity index (χ2v) is 6.23. The molecule has 0 bridgehead atoms. The molecule has 0 aliphatic heterocycles. The van der Waals surface area contributed by atoms with Gasteiger partial charge >= 0.3 is 0 Å². The molecule has 0 aromatic heterocycles. The highest BCUT2D eigenvalue weighted by molar-refractivity contribution is 7.89. The monoisotopic (exact) mass is 292 g/mol. The predicted molar refractivity (Wildman–Crippen MR) is 64.8 cm³/mol. The summed E-state index contributed by atoms with van der Waals surface area (Å²) in [7, 11) is -4.12. The van der Waals surface area contributed by atoms with Crippen LogP contribution in [0.1, 0.15) is 12.8 Å². The lowest BCUT2D eigenvalue weighted by molar-refractivity contribution is 0.250. The van der Waals surface area contributed by atoms with Crippen LogP contribution >= 0.6 is 0 Å². The lowest BCUT2D eigenvalue weighted by Gasteiger charge is -2.21. The Bertz CT molecular complexity index is 588. The summed E-state index contributed by atoms with van der Waals surface area (Å²) in [5.41, 5.74) is 4.85. The first kappa shape index (κ1) is 14.2. The second kappa shape index (κ2) is 5.03. The van der Waals surface area contributed by atoms with E-state index in [9.17, 15) is 17.2 Å². The van der Waals surface area contributed by atoms with Gasteiger partial charge in [0.05, 0.1) is 12.3 Å². The summed E-state index contributed by atoms with van der Waals surface area (Å²) in [6, 6.07) is 0.988. The molecule has 0 amide bonds. The van der Waals surface area contributed by atoms with Crippen molar-refractivity contribution < 1.29 is 22.3 Å². The van der Waals surface area contributed by atoms with E-state index in [4.69, 9.17) is 10.8 Å². The van der Waals surface area contributed by atoms with Gasteiger partial charge in [-0.3, -0.25) is 0 Å². The van der Waals surface area contributed by atoms with Gasteiger partial charge in [0.2, 0.25) is 10.0 Å². The molecule has 0 radical (unpaired) electrons. The van der Waals surface area contributed by atoms with E-state index in [1.807, 2.05) is 0 Å². The lowest BCUT2D eigenvalue weighted by Crippen LogP contribution is -2.36. The first-order valence-corrected chi connectivity index (χ1v) is 7.19. The summed E-state index contributed by atoms with van der Waals surface area (Å²) >= 11 is 0. The van der Waals surface area contributed by atoms with Crippen molar-refractivity contribution in [2.45, 2.75) is 23.8 Å². The van der Waals surface area contributed by atoms with Crippen LogP contribution in [0.4, 0.5) is 14.5 Å². The van der Waals surface area contributed by atoms with Gasteiger partial charge in [-0.2, -0.15) is 4.31 Å². The summed E-state index contributed by atoms with van der Waals surface area (Å²) in [6.45, 7) is -0.488. The highest BCUT2D eigenvalue weighted by atomic mass is 32.2. The molecule has 3 N–H and O–H groups in total. The number of nitrogen functional groups attached to an aromatic ring is 1. The van der Waals surface area contributed by atoms with Crippen LogP contribution in [0.5, 0.6) is 0 Å². The van der Waals surface area contributed by atoms with Gasteiger partial charge in [-0.1, -0.05) is 0 Å². The Morgan fingerprint density at radius 2 is 1.95 bits per heavy atom. The fraction of sp³-hybridized carbons (Fsp3) is 0.455. The lowest BCUT2D eigenvalue weighted by atomic mass is 10.3. The Morgan fingerprint density at radius 3 is 2.47 bits per heavy atom. The third kappa shape index (κ3) is 2.70. The number of aliphatic hydroxyl groups excluding tert-OH is 1. The first-order valence-electron chi connectivity index (χ1n) is 5.75. The average molecular weight is 292 g/mol. The molecule has 1 saturated carbocycles. The number of hydrogen-bond donors (Lipinski definition) is 2. The Balaban J connectivity index is 2.46. The van der Waals surface area contributed by atoms with Crippen molar-refractivity contribution in [3.8, 4) is 0 Å². The summed E-state index contributed by atoms with van der Waals surface area (Å²) in [5, 5.41) is 8.91. The molecule has 106 valence electrons. The number of anilines is 1. The Kier molecular flexibility index (Phi) is 3.75. The van der Waals surface area contributed by atoms with E-state index < -0.39 is 32.2 Å². The molecule has 8 heteroatoms. The molecule has 1 aliphatic carbocycles. The number of sulfonamides is 1. The smallest absolute Gasteiger partial charge is 0.246 e. The third-order valence-electron chi connectivity index (χ3n) is 2.91. The minimum Gasteiger partial charge on any atom is -0.396 e. The Hall–Kier alpha value is -1.25. The predicted octanol–water partition coefficient (Wildman–Crippen LogP) is 0.692. The maximum Gasteiger partial charge on any atom is 0.246 e. The Morgan fingerprint density at radius 1 is 1.32 bits per heavy atom. The topological polar surface area (TPSA) is 83.6 Å². The second-order valence-electron chi connectivity index (χ2n) is 4.37. The largest absolute Gasteiger partial charge is 0.396 e. The van der Waals surface area contributed by atoms with Crippen molar-refractivity contribution in [3.05, 3.63) is 23.8 Å². The molecule has 5 nitrogen and oxygen atoms in total. The van der Waals surface area contributed by atoms with Crippen LogP contribution < -0.4 is 5.73 Å². The van der Waals surface area contributed by atoms with E-state index in [-0.39, 0.29) is 19.2 Å². The van der Waals surface area contributed by atoms with Crippen LogP contribution in [0.25, 0.3) is 0 Å². The van der Waals surface area contributed by atoms with E-state index in [0.717, 1.165) is 10.4 Å². The molecule has 0 saturated heterocycles. The van der Waals surface area contributed by atoms with Crippen molar-refractivity contribution in [1.82, 2.24) is 4.31 Å². The molecule has 1 aliphatic rings. The van der Waals surface area contributed by atoms with Crippen molar-refractivity contribution in [1.29, 1.82) is 0 Å². The van der Waals surface area contributed by atoms with Gasteiger partial charge < -0.3 is 10.8 Å². The van der Waals surface area contributed by atoms with Crippen molar-refractivity contribution in [3.63, 3.8) is 0 Å². The van der Waals surface area contributed by atoms with Crippen LogP contribution in [0.2, 0.25) is 0 Å². The van der Waals surface area contributed by atoms with E-state index in [1.165, 1.54) is 0 Å². The summed E-state index contributed by atoms with van der Waals surface area (Å²) in [5.74, 6) is -2.19. The fourth-order valence-corrected chi connectivity index (χ4v) is 3.59. The van der Waals surface area contributed by atoms with E-state index in [2.05, 4.69) is 0 Å². The van der Waals surface area contributed by atoms with Gasteiger partial charge in [0.1, 0.15) is 16.5 Å². The number of halogens is 2. The quantitative estimate of drug-likeness (QED) is 0.782. The number of aliphatic hydroxyl groups is 1. The maximum absolute atomic E-state index is 13.6. The van der Waals surface area contributed by atoms with Crippen molar-refractivity contribution in [2.24, 2.45) is 0 Å². The van der Waals surface area contributed by atoms with E-state index in [0.29, 0.717) is 18.9 Å². The fourth-order valence-electron chi connectivity index (χ4n) is 1.83. The van der Waals surface area contributed by atoms with Crippen molar-refractivity contribution in [2.75, 3.05) is 18.9 Å².